The van der Waals surface area contributed by atoms with Crippen LogP contribution in [0.15, 0.2) is 30.3 Å². The van der Waals surface area contributed by atoms with E-state index in [-0.39, 0.29) is 6.10 Å². The monoisotopic (exact) mass is 222 g/mol. The Morgan fingerprint density at radius 2 is 1.94 bits per heavy atom. The van der Waals surface area contributed by atoms with Crippen molar-refractivity contribution >= 4 is 0 Å². The van der Waals surface area contributed by atoms with Crippen LogP contribution < -0.4 is 0 Å². The largest absolute Gasteiger partial charge is 0.391 e. The molecule has 0 bridgehead atoms. The van der Waals surface area contributed by atoms with Gasteiger partial charge in [0.15, 0.2) is 0 Å². The fourth-order valence-electron chi connectivity index (χ4n) is 1.66. The third kappa shape index (κ3) is 4.77. The summed E-state index contributed by atoms with van der Waals surface area (Å²) in [5.41, 5.74) is 1.21. The van der Waals surface area contributed by atoms with Crippen LogP contribution in [0.25, 0.3) is 0 Å². The van der Waals surface area contributed by atoms with E-state index < -0.39 is 6.10 Å². The van der Waals surface area contributed by atoms with Crippen LogP contribution in [-0.2, 0) is 4.74 Å². The first-order chi connectivity index (χ1) is 7.74. The minimum atomic E-state index is -0.396. The van der Waals surface area contributed by atoms with Crippen molar-refractivity contribution in [1.82, 2.24) is 0 Å². The smallest absolute Gasteiger partial charge is 0.0826 e. The van der Waals surface area contributed by atoms with E-state index in [2.05, 4.69) is 19.1 Å². The van der Waals surface area contributed by atoms with Crippen molar-refractivity contribution < 1.29 is 9.84 Å². The van der Waals surface area contributed by atoms with Crippen LogP contribution in [0.1, 0.15) is 44.8 Å². The van der Waals surface area contributed by atoms with E-state index in [1.165, 1.54) is 12.0 Å². The predicted molar refractivity (Wildman–Crippen MR) is 66.3 cm³/mol. The molecule has 0 fully saturated rings. The Kier molecular flexibility index (Phi) is 6.12. The molecule has 1 aromatic rings. The van der Waals surface area contributed by atoms with E-state index in [0.29, 0.717) is 6.61 Å². The van der Waals surface area contributed by atoms with Crippen LogP contribution in [0.3, 0.4) is 0 Å². The molecule has 1 aromatic carbocycles. The first-order valence-electron chi connectivity index (χ1n) is 6.08. The van der Waals surface area contributed by atoms with Gasteiger partial charge in [0.25, 0.3) is 0 Å². The molecule has 0 heterocycles. The normalized spacial score (nSPS) is 14.7. The Bertz CT molecular complexity index is 269. The van der Waals surface area contributed by atoms with Gasteiger partial charge in [0.05, 0.1) is 18.8 Å². The fraction of sp³-hybridized carbons (Fsp3) is 0.571. The van der Waals surface area contributed by atoms with E-state index in [9.17, 15) is 5.11 Å². The third-order valence-electron chi connectivity index (χ3n) is 2.53. The van der Waals surface area contributed by atoms with Gasteiger partial charge in [0.1, 0.15) is 0 Å². The highest BCUT2D eigenvalue weighted by Crippen LogP contribution is 2.23. The summed E-state index contributed by atoms with van der Waals surface area (Å²) in [6.07, 6.45) is 3.07. The van der Waals surface area contributed by atoms with Crippen molar-refractivity contribution in [2.75, 3.05) is 6.61 Å². The number of rotatable bonds is 7. The molecule has 90 valence electrons. The Morgan fingerprint density at radius 3 is 2.50 bits per heavy atom. The van der Waals surface area contributed by atoms with E-state index in [1.54, 1.807) is 6.92 Å². The molecule has 0 aromatic heterocycles. The van der Waals surface area contributed by atoms with E-state index in [4.69, 9.17) is 4.74 Å². The third-order valence-corrected chi connectivity index (χ3v) is 2.53. The highest BCUT2D eigenvalue weighted by Gasteiger charge is 2.11. The van der Waals surface area contributed by atoms with Crippen LogP contribution in [0, 0.1) is 0 Å². The molecule has 16 heavy (non-hydrogen) atoms. The first kappa shape index (κ1) is 13.2. The van der Waals surface area contributed by atoms with Crippen molar-refractivity contribution in [3.05, 3.63) is 35.9 Å². The van der Waals surface area contributed by atoms with Gasteiger partial charge in [-0.2, -0.15) is 0 Å². The number of ether oxygens (including phenoxy) is 1. The van der Waals surface area contributed by atoms with Crippen molar-refractivity contribution in [2.24, 2.45) is 0 Å². The predicted octanol–water partition coefficient (Wildman–Crippen LogP) is 3.32. The average Bonchev–Trinajstić information content (AvgIpc) is 2.30. The van der Waals surface area contributed by atoms with E-state index in [0.717, 1.165) is 12.8 Å². The van der Waals surface area contributed by atoms with Crippen molar-refractivity contribution in [2.45, 2.75) is 45.3 Å². The molecule has 0 aliphatic heterocycles. The quantitative estimate of drug-likeness (QED) is 0.767. The Balaban J connectivity index is 2.56. The number of aliphatic hydroxyl groups is 1. The van der Waals surface area contributed by atoms with Gasteiger partial charge in [-0.25, -0.2) is 0 Å². The Morgan fingerprint density at radius 1 is 1.25 bits per heavy atom. The maximum absolute atomic E-state index is 9.25. The standard InChI is InChI=1S/C14H22O2/c1-3-4-10-14(16-11-12(2)15)13-8-6-5-7-9-13/h5-9,12,14-15H,3-4,10-11H2,1-2H3. The SMILES string of the molecule is CCCCC(OCC(C)O)c1ccccc1. The van der Waals surface area contributed by atoms with Gasteiger partial charge >= 0.3 is 0 Å². The second kappa shape index (κ2) is 7.42. The molecule has 0 saturated carbocycles. The first-order valence-corrected chi connectivity index (χ1v) is 6.08. The van der Waals surface area contributed by atoms with Crippen LogP contribution >= 0.6 is 0 Å². The molecule has 0 amide bonds. The maximum atomic E-state index is 9.25. The van der Waals surface area contributed by atoms with Crippen LogP contribution in [0.2, 0.25) is 0 Å². The zero-order valence-electron chi connectivity index (χ0n) is 10.2. The van der Waals surface area contributed by atoms with Crippen molar-refractivity contribution in [3.63, 3.8) is 0 Å². The van der Waals surface area contributed by atoms with Gasteiger partial charge in [-0.05, 0) is 18.9 Å². The summed E-state index contributed by atoms with van der Waals surface area (Å²) in [4.78, 5) is 0. The molecule has 0 saturated heterocycles. The average molecular weight is 222 g/mol. The molecule has 1 N–H and O–H groups in total. The van der Waals surface area contributed by atoms with Gasteiger partial charge in [-0.15, -0.1) is 0 Å². The van der Waals surface area contributed by atoms with E-state index in [1.807, 2.05) is 18.2 Å². The van der Waals surface area contributed by atoms with Gasteiger partial charge in [-0.3, -0.25) is 0 Å². The van der Waals surface area contributed by atoms with Crippen LogP contribution in [-0.4, -0.2) is 17.8 Å². The number of unbranched alkanes of at least 4 members (excludes halogenated alkanes) is 1. The number of hydrogen-bond acceptors (Lipinski definition) is 2. The topological polar surface area (TPSA) is 29.5 Å². The molecule has 0 aliphatic rings. The molecule has 2 atom stereocenters. The minimum absolute atomic E-state index is 0.121. The highest BCUT2D eigenvalue weighted by atomic mass is 16.5. The van der Waals surface area contributed by atoms with E-state index >= 15 is 0 Å². The molecule has 0 spiro atoms. The van der Waals surface area contributed by atoms with Crippen molar-refractivity contribution in [1.29, 1.82) is 0 Å². The molecular weight excluding hydrogens is 200 g/mol. The number of hydrogen-bond donors (Lipinski definition) is 1. The lowest BCUT2D eigenvalue weighted by atomic mass is 10.0. The molecule has 1 rings (SSSR count). The van der Waals surface area contributed by atoms with Crippen LogP contribution in [0.5, 0.6) is 0 Å². The second-order valence-corrected chi connectivity index (χ2v) is 4.22. The second-order valence-electron chi connectivity index (χ2n) is 4.22. The molecule has 0 radical (unpaired) electrons. The summed E-state index contributed by atoms with van der Waals surface area (Å²) in [5.74, 6) is 0. The summed E-state index contributed by atoms with van der Waals surface area (Å²) < 4.78 is 5.74. The summed E-state index contributed by atoms with van der Waals surface area (Å²) >= 11 is 0. The lowest BCUT2D eigenvalue weighted by Crippen LogP contribution is -2.14. The Labute approximate surface area is 98.3 Å². The molecule has 2 unspecified atom stereocenters. The van der Waals surface area contributed by atoms with Gasteiger partial charge < -0.3 is 9.84 Å². The molecule has 2 heteroatoms. The highest BCUT2D eigenvalue weighted by molar-refractivity contribution is 5.17. The maximum Gasteiger partial charge on any atom is 0.0826 e. The Hall–Kier alpha value is -0.860. The van der Waals surface area contributed by atoms with Crippen molar-refractivity contribution in [3.8, 4) is 0 Å². The van der Waals surface area contributed by atoms with Gasteiger partial charge in [-0.1, -0.05) is 50.1 Å². The molecular formula is C14H22O2. The number of benzene rings is 1. The molecule has 2 nitrogen and oxygen atoms in total. The zero-order valence-corrected chi connectivity index (χ0v) is 10.2. The number of aliphatic hydroxyl groups excluding tert-OH is 1. The minimum Gasteiger partial charge on any atom is -0.391 e. The lowest BCUT2D eigenvalue weighted by molar-refractivity contribution is -0.00839. The van der Waals surface area contributed by atoms with Gasteiger partial charge in [0.2, 0.25) is 0 Å². The summed E-state index contributed by atoms with van der Waals surface area (Å²) in [6.45, 7) is 4.34. The summed E-state index contributed by atoms with van der Waals surface area (Å²) in [7, 11) is 0. The summed E-state index contributed by atoms with van der Waals surface area (Å²) in [6, 6.07) is 10.2. The molecule has 0 aliphatic carbocycles. The van der Waals surface area contributed by atoms with Gasteiger partial charge in [0, 0.05) is 0 Å². The summed E-state index contributed by atoms with van der Waals surface area (Å²) in [5, 5.41) is 9.25. The fourth-order valence-corrected chi connectivity index (χ4v) is 1.66. The van der Waals surface area contributed by atoms with Crippen LogP contribution in [0.4, 0.5) is 0 Å². The zero-order chi connectivity index (χ0) is 11.8. The lowest BCUT2D eigenvalue weighted by Gasteiger charge is -2.19.